The summed E-state index contributed by atoms with van der Waals surface area (Å²) in [4.78, 5) is 2.43. The highest BCUT2D eigenvalue weighted by molar-refractivity contribution is 5.96. The Labute approximate surface area is 448 Å². The van der Waals surface area contributed by atoms with Gasteiger partial charge in [0.15, 0.2) is 0 Å². The second-order valence-electron chi connectivity index (χ2n) is 20.6. The lowest BCUT2D eigenvalue weighted by Crippen LogP contribution is -2.32. The van der Waals surface area contributed by atoms with E-state index in [0.717, 1.165) is 73.4 Å². The van der Waals surface area contributed by atoms with Crippen LogP contribution in [-0.4, -0.2) is 0 Å². The molecule has 2 aliphatic heterocycles. The van der Waals surface area contributed by atoms with Crippen LogP contribution >= 0.6 is 0 Å². The van der Waals surface area contributed by atoms with Gasteiger partial charge < -0.3 is 14.4 Å². The van der Waals surface area contributed by atoms with Crippen molar-refractivity contribution >= 4 is 17.1 Å². The quantitative estimate of drug-likeness (QED) is 0.166. The van der Waals surface area contributed by atoms with Crippen LogP contribution in [0.2, 0.25) is 0 Å². The third-order valence-corrected chi connectivity index (χ3v) is 16.8. The molecule has 0 N–H and O–H groups in total. The number of nitrogens with zero attached hydrogens (tertiary/aromatic N) is 1. The maximum absolute atomic E-state index is 6.65. The van der Waals surface area contributed by atoms with E-state index < -0.39 is 10.8 Å². The monoisotopic (exact) mass is 981 g/mol. The van der Waals surface area contributed by atoms with Crippen molar-refractivity contribution in [1.82, 2.24) is 0 Å². The van der Waals surface area contributed by atoms with Crippen LogP contribution < -0.4 is 14.4 Å². The molecule has 4 aliphatic rings. The molecule has 0 fully saturated rings. The molecule has 12 aromatic rings. The predicted octanol–water partition coefficient (Wildman–Crippen LogP) is 19.1. The molecule has 0 atom stereocenters. The second kappa shape index (κ2) is 16.8. The fraction of sp³-hybridized carbons (Fsp3) is 0.0270. The summed E-state index contributed by atoms with van der Waals surface area (Å²) < 4.78 is 13.3. The maximum Gasteiger partial charge on any atom is 0.132 e. The predicted molar refractivity (Wildman–Crippen MR) is 312 cm³/mol. The van der Waals surface area contributed by atoms with E-state index in [1.54, 1.807) is 0 Å². The Hall–Kier alpha value is -9.96. The van der Waals surface area contributed by atoms with Crippen molar-refractivity contribution in [3.05, 3.63) is 330 Å². The molecule has 0 saturated heterocycles. The normalized spacial score (nSPS) is 13.9. The number of ether oxygens (including phenoxy) is 2. The van der Waals surface area contributed by atoms with Crippen molar-refractivity contribution in [3.63, 3.8) is 0 Å². The highest BCUT2D eigenvalue weighted by Crippen LogP contribution is 2.64. The van der Waals surface area contributed by atoms with Gasteiger partial charge in [-0.3, -0.25) is 0 Å². The number of anilines is 3. The SMILES string of the molecule is c1ccc(-c2cccc(N(c3ccc(-c4ccc5c(c4)-c4ccccc4C54c5ccccc5Oc5ccccc54)cc3)c3ccccc3-c3ccc4c(c3)-c3ccccc3C43c4ccccc4Oc4ccccc43)c2)cc1. The van der Waals surface area contributed by atoms with Crippen molar-refractivity contribution in [2.24, 2.45) is 0 Å². The van der Waals surface area contributed by atoms with E-state index in [-0.39, 0.29) is 0 Å². The summed E-state index contributed by atoms with van der Waals surface area (Å²) in [5.41, 5.74) is 23.8. The zero-order valence-electron chi connectivity index (χ0n) is 41.9. The van der Waals surface area contributed by atoms with Crippen molar-refractivity contribution in [2.75, 3.05) is 4.90 Å². The summed E-state index contributed by atoms with van der Waals surface area (Å²) in [5.74, 6) is 3.59. The Kier molecular flexibility index (Phi) is 9.47. The number of hydrogen-bond acceptors (Lipinski definition) is 3. The Bertz CT molecular complexity index is 4270. The third-order valence-electron chi connectivity index (χ3n) is 16.8. The molecule has 0 aromatic heterocycles. The smallest absolute Gasteiger partial charge is 0.132 e. The molecule has 77 heavy (non-hydrogen) atoms. The van der Waals surface area contributed by atoms with Crippen molar-refractivity contribution in [2.45, 2.75) is 10.8 Å². The Balaban J connectivity index is 0.840. The highest BCUT2D eigenvalue weighted by Gasteiger charge is 2.52. The summed E-state index contributed by atoms with van der Waals surface area (Å²) in [6.07, 6.45) is 0. The number of benzene rings is 12. The van der Waals surface area contributed by atoms with Crippen LogP contribution in [0.3, 0.4) is 0 Å². The lowest BCUT2D eigenvalue weighted by atomic mass is 9.66. The minimum absolute atomic E-state index is 0.507. The van der Waals surface area contributed by atoms with Crippen LogP contribution in [0, 0.1) is 0 Å². The van der Waals surface area contributed by atoms with Crippen LogP contribution in [0.1, 0.15) is 44.5 Å². The highest BCUT2D eigenvalue weighted by atomic mass is 16.5. The van der Waals surface area contributed by atoms with Gasteiger partial charge in [0.2, 0.25) is 0 Å². The standard InChI is InChI=1S/C74H47NO2/c1-2-19-48(20-3-1)50-21-18-22-54(45-50)75(53-41-37-49(38-42-53)51-39-43-62-58(46-51)56-24-4-7-26-60(56)73(62)64-28-9-14-33-69(64)76-70-34-15-10-29-65(70)73)68-32-13-6-23-55(68)52-40-44-63-59(47-52)57-25-5-8-27-61(57)74(63)66-30-11-16-35-71(66)77-72-36-17-12-31-67(72)74/h1-47H. The van der Waals surface area contributed by atoms with Crippen LogP contribution in [0.25, 0.3) is 55.6 Å². The van der Waals surface area contributed by atoms with E-state index in [9.17, 15) is 0 Å². The molecule has 3 heteroatoms. The molecule has 2 aliphatic carbocycles. The van der Waals surface area contributed by atoms with Crippen LogP contribution in [-0.2, 0) is 10.8 Å². The molecule has 3 nitrogen and oxygen atoms in total. The van der Waals surface area contributed by atoms with Gasteiger partial charge in [-0.15, -0.1) is 0 Å². The molecule has 0 bridgehead atoms. The van der Waals surface area contributed by atoms with Crippen LogP contribution in [0.5, 0.6) is 23.0 Å². The van der Waals surface area contributed by atoms with Gasteiger partial charge in [0, 0.05) is 39.2 Å². The summed E-state index contributed by atoms with van der Waals surface area (Å²) in [7, 11) is 0. The minimum Gasteiger partial charge on any atom is -0.457 e. The van der Waals surface area contributed by atoms with E-state index in [1.807, 2.05) is 0 Å². The average molecular weight is 982 g/mol. The summed E-state index contributed by atoms with van der Waals surface area (Å²) in [6.45, 7) is 0. The lowest BCUT2D eigenvalue weighted by Gasteiger charge is -2.39. The summed E-state index contributed by atoms with van der Waals surface area (Å²) in [5, 5.41) is 0. The fourth-order valence-corrected chi connectivity index (χ4v) is 13.7. The molecule has 2 heterocycles. The molecular weight excluding hydrogens is 935 g/mol. The third kappa shape index (κ3) is 6.20. The van der Waals surface area contributed by atoms with Gasteiger partial charge in [-0.25, -0.2) is 0 Å². The first-order valence-electron chi connectivity index (χ1n) is 26.6. The summed E-state index contributed by atoms with van der Waals surface area (Å²) >= 11 is 0. The Morgan fingerprint density at radius 1 is 0.221 bits per heavy atom. The van der Waals surface area contributed by atoms with Crippen molar-refractivity contribution in [1.29, 1.82) is 0 Å². The van der Waals surface area contributed by atoms with Gasteiger partial charge in [-0.1, -0.05) is 218 Å². The van der Waals surface area contributed by atoms with Crippen LogP contribution in [0.15, 0.2) is 285 Å². The van der Waals surface area contributed by atoms with Gasteiger partial charge in [-0.05, 0) is 139 Å². The van der Waals surface area contributed by atoms with E-state index in [4.69, 9.17) is 9.47 Å². The van der Waals surface area contributed by atoms with Gasteiger partial charge in [0.05, 0.1) is 16.5 Å². The average Bonchev–Trinajstić information content (AvgIpc) is 4.17. The molecule has 16 rings (SSSR count). The van der Waals surface area contributed by atoms with E-state index in [1.165, 1.54) is 66.8 Å². The topological polar surface area (TPSA) is 21.7 Å². The molecular formula is C74H47NO2. The first-order valence-corrected chi connectivity index (χ1v) is 26.6. The first-order chi connectivity index (χ1) is 38.2. The summed E-state index contributed by atoms with van der Waals surface area (Å²) in [6, 6.07) is 104. The van der Waals surface area contributed by atoms with E-state index in [0.29, 0.717) is 0 Å². The zero-order valence-corrected chi connectivity index (χ0v) is 41.9. The number of fused-ring (bicyclic) bond motifs is 18. The van der Waals surface area contributed by atoms with Crippen molar-refractivity contribution in [3.8, 4) is 78.6 Å². The zero-order chi connectivity index (χ0) is 50.7. The number of rotatable bonds is 6. The molecule has 0 unspecified atom stereocenters. The number of hydrogen-bond donors (Lipinski definition) is 0. The van der Waals surface area contributed by atoms with E-state index >= 15 is 0 Å². The maximum atomic E-state index is 6.65. The Morgan fingerprint density at radius 2 is 0.597 bits per heavy atom. The Morgan fingerprint density at radius 3 is 1.14 bits per heavy atom. The van der Waals surface area contributed by atoms with Crippen LogP contribution in [0.4, 0.5) is 17.1 Å². The second-order valence-corrected chi connectivity index (χ2v) is 20.6. The molecule has 0 amide bonds. The molecule has 360 valence electrons. The molecule has 12 aromatic carbocycles. The lowest BCUT2D eigenvalue weighted by molar-refractivity contribution is 0.436. The van der Waals surface area contributed by atoms with Crippen molar-refractivity contribution < 1.29 is 9.47 Å². The van der Waals surface area contributed by atoms with Gasteiger partial charge in [0.25, 0.3) is 0 Å². The molecule has 2 spiro atoms. The minimum atomic E-state index is -0.535. The van der Waals surface area contributed by atoms with Gasteiger partial charge in [0.1, 0.15) is 23.0 Å². The van der Waals surface area contributed by atoms with Gasteiger partial charge in [-0.2, -0.15) is 0 Å². The largest absolute Gasteiger partial charge is 0.457 e. The number of para-hydroxylation sites is 5. The fourth-order valence-electron chi connectivity index (χ4n) is 13.7. The molecule has 0 radical (unpaired) electrons. The van der Waals surface area contributed by atoms with E-state index in [2.05, 4.69) is 290 Å². The molecule has 0 saturated carbocycles. The first kappa shape index (κ1) is 43.4. The van der Waals surface area contributed by atoms with Gasteiger partial charge >= 0.3 is 0 Å².